The molecule has 0 aliphatic carbocycles. The van der Waals surface area contributed by atoms with Crippen LogP contribution in [0.5, 0.6) is 5.75 Å². The molecular weight excluding hydrogens is 234 g/mol. The molecule has 0 heterocycles. The van der Waals surface area contributed by atoms with Gasteiger partial charge in [-0.05, 0) is 24.3 Å². The van der Waals surface area contributed by atoms with Crippen molar-refractivity contribution in [2.45, 2.75) is 12.8 Å². The number of carbonyl (C=O) groups excluding carboxylic acids is 1. The van der Waals surface area contributed by atoms with Gasteiger partial charge >= 0.3 is 5.97 Å². The topological polar surface area (TPSA) is 70.8 Å². The second-order valence-electron chi connectivity index (χ2n) is 3.73. The minimum Gasteiger partial charge on any atom is -0.493 e. The molecule has 0 spiro atoms. The van der Waals surface area contributed by atoms with E-state index in [1.807, 2.05) is 0 Å². The smallest absolute Gasteiger partial charge is 0.309 e. The molecule has 0 aromatic heterocycles. The van der Waals surface area contributed by atoms with E-state index in [1.54, 1.807) is 31.4 Å². The Morgan fingerprint density at radius 3 is 2.56 bits per heavy atom. The van der Waals surface area contributed by atoms with Crippen LogP contribution < -0.4 is 10.5 Å². The number of nitrogen functional groups attached to an aromatic ring is 1. The molecule has 0 amide bonds. The van der Waals surface area contributed by atoms with E-state index in [0.717, 1.165) is 0 Å². The Morgan fingerprint density at radius 2 is 1.89 bits per heavy atom. The van der Waals surface area contributed by atoms with Crippen LogP contribution in [0.15, 0.2) is 24.3 Å². The maximum atomic E-state index is 11.3. The van der Waals surface area contributed by atoms with Gasteiger partial charge in [0.05, 0.1) is 19.6 Å². The molecule has 2 N–H and O–H groups in total. The summed E-state index contributed by atoms with van der Waals surface area (Å²) >= 11 is 0. The Balaban J connectivity index is 2.10. The number of anilines is 1. The fourth-order valence-corrected chi connectivity index (χ4v) is 1.28. The highest BCUT2D eigenvalue weighted by molar-refractivity contribution is 5.69. The van der Waals surface area contributed by atoms with Crippen LogP contribution in [0.1, 0.15) is 12.8 Å². The van der Waals surface area contributed by atoms with Crippen molar-refractivity contribution in [3.63, 3.8) is 0 Å². The van der Waals surface area contributed by atoms with Crippen molar-refractivity contribution in [2.75, 3.05) is 32.7 Å². The quantitative estimate of drug-likeness (QED) is 0.433. The molecule has 0 saturated carbocycles. The van der Waals surface area contributed by atoms with E-state index < -0.39 is 0 Å². The van der Waals surface area contributed by atoms with E-state index in [4.69, 9.17) is 19.9 Å². The fraction of sp³-hybridized carbons (Fsp3) is 0.462. The van der Waals surface area contributed by atoms with Crippen molar-refractivity contribution in [1.29, 1.82) is 0 Å². The molecule has 0 atom stereocenters. The third-order valence-electron chi connectivity index (χ3n) is 2.21. The van der Waals surface area contributed by atoms with E-state index in [1.165, 1.54) is 0 Å². The summed E-state index contributed by atoms with van der Waals surface area (Å²) in [7, 11) is 1.61. The molecule has 0 radical (unpaired) electrons. The second-order valence-corrected chi connectivity index (χ2v) is 3.73. The number of hydrogen-bond donors (Lipinski definition) is 1. The number of hydrogen-bond acceptors (Lipinski definition) is 5. The first-order valence-corrected chi connectivity index (χ1v) is 5.85. The van der Waals surface area contributed by atoms with Crippen molar-refractivity contribution in [1.82, 2.24) is 0 Å². The Hall–Kier alpha value is -1.75. The summed E-state index contributed by atoms with van der Waals surface area (Å²) in [4.78, 5) is 11.3. The average molecular weight is 253 g/mol. The zero-order chi connectivity index (χ0) is 13.2. The summed E-state index contributed by atoms with van der Waals surface area (Å²) in [5, 5.41) is 0. The van der Waals surface area contributed by atoms with Crippen LogP contribution in [0.3, 0.4) is 0 Å². The molecule has 100 valence electrons. The van der Waals surface area contributed by atoms with Crippen LogP contribution in [-0.2, 0) is 14.3 Å². The lowest BCUT2D eigenvalue weighted by atomic mass is 10.3. The fourth-order valence-electron chi connectivity index (χ4n) is 1.28. The predicted molar refractivity (Wildman–Crippen MR) is 68.4 cm³/mol. The zero-order valence-corrected chi connectivity index (χ0v) is 10.6. The maximum Gasteiger partial charge on any atom is 0.309 e. The third kappa shape index (κ3) is 6.10. The molecule has 5 nitrogen and oxygen atoms in total. The van der Waals surface area contributed by atoms with Gasteiger partial charge in [-0.2, -0.15) is 0 Å². The number of nitrogens with two attached hydrogens (primary N) is 1. The summed E-state index contributed by atoms with van der Waals surface area (Å²) in [5.41, 5.74) is 6.22. The Labute approximate surface area is 107 Å². The number of carbonyl (C=O) groups is 1. The van der Waals surface area contributed by atoms with Gasteiger partial charge in [-0.15, -0.1) is 0 Å². The molecule has 5 heteroatoms. The van der Waals surface area contributed by atoms with Crippen molar-refractivity contribution in [3.8, 4) is 5.75 Å². The number of rotatable bonds is 8. The minimum atomic E-state index is -0.262. The van der Waals surface area contributed by atoms with Gasteiger partial charge in [0.25, 0.3) is 0 Å². The van der Waals surface area contributed by atoms with Crippen molar-refractivity contribution < 1.29 is 19.0 Å². The van der Waals surface area contributed by atoms with E-state index >= 15 is 0 Å². The average Bonchev–Trinajstić information content (AvgIpc) is 2.37. The molecule has 0 aliphatic rings. The monoisotopic (exact) mass is 253 g/mol. The largest absolute Gasteiger partial charge is 0.493 e. The van der Waals surface area contributed by atoms with Gasteiger partial charge in [0.15, 0.2) is 0 Å². The molecule has 0 fully saturated rings. The van der Waals surface area contributed by atoms with Gasteiger partial charge in [-0.25, -0.2) is 0 Å². The Kier molecular flexibility index (Phi) is 6.64. The van der Waals surface area contributed by atoms with Gasteiger partial charge in [-0.1, -0.05) is 0 Å². The van der Waals surface area contributed by atoms with Crippen LogP contribution in [-0.4, -0.2) is 32.9 Å². The van der Waals surface area contributed by atoms with Gasteiger partial charge in [-0.3, -0.25) is 4.79 Å². The van der Waals surface area contributed by atoms with Gasteiger partial charge < -0.3 is 19.9 Å². The molecule has 18 heavy (non-hydrogen) atoms. The number of benzene rings is 1. The zero-order valence-electron chi connectivity index (χ0n) is 10.6. The van der Waals surface area contributed by atoms with Crippen LogP contribution in [0.4, 0.5) is 5.69 Å². The van der Waals surface area contributed by atoms with E-state index in [2.05, 4.69) is 0 Å². The lowest BCUT2D eigenvalue weighted by Crippen LogP contribution is -2.11. The van der Waals surface area contributed by atoms with Crippen molar-refractivity contribution in [3.05, 3.63) is 24.3 Å². The third-order valence-corrected chi connectivity index (χ3v) is 2.21. The Bertz CT molecular complexity index is 351. The predicted octanol–water partition coefficient (Wildman–Crippen LogP) is 1.62. The highest BCUT2D eigenvalue weighted by Gasteiger charge is 2.03. The first kappa shape index (κ1) is 14.3. The first-order valence-electron chi connectivity index (χ1n) is 5.85. The SMILES string of the molecule is COCCCOC(=O)CCOc1ccc(N)cc1. The van der Waals surface area contributed by atoms with Crippen LogP contribution >= 0.6 is 0 Å². The van der Waals surface area contributed by atoms with Crippen molar-refractivity contribution in [2.24, 2.45) is 0 Å². The van der Waals surface area contributed by atoms with Crippen LogP contribution in [0.2, 0.25) is 0 Å². The van der Waals surface area contributed by atoms with Gasteiger partial charge in [0.2, 0.25) is 0 Å². The molecule has 1 rings (SSSR count). The number of esters is 1. The minimum absolute atomic E-state index is 0.233. The Morgan fingerprint density at radius 1 is 1.17 bits per heavy atom. The molecular formula is C13H19NO4. The molecule has 0 bridgehead atoms. The summed E-state index contributed by atoms with van der Waals surface area (Å²) in [6, 6.07) is 7.02. The van der Waals surface area contributed by atoms with E-state index in [-0.39, 0.29) is 12.4 Å². The summed E-state index contributed by atoms with van der Waals surface area (Å²) in [5.74, 6) is 0.429. The summed E-state index contributed by atoms with van der Waals surface area (Å²) in [6.45, 7) is 1.27. The van der Waals surface area contributed by atoms with Crippen LogP contribution in [0.25, 0.3) is 0 Å². The van der Waals surface area contributed by atoms with Crippen molar-refractivity contribution >= 4 is 11.7 Å². The first-order chi connectivity index (χ1) is 8.72. The highest BCUT2D eigenvalue weighted by Crippen LogP contribution is 2.13. The van der Waals surface area contributed by atoms with Gasteiger partial charge in [0.1, 0.15) is 5.75 Å². The number of methoxy groups -OCH3 is 1. The highest BCUT2D eigenvalue weighted by atomic mass is 16.5. The molecule has 0 unspecified atom stereocenters. The molecule has 0 aliphatic heterocycles. The lowest BCUT2D eigenvalue weighted by Gasteiger charge is -2.07. The second kappa shape index (κ2) is 8.36. The van der Waals surface area contributed by atoms with Crippen LogP contribution in [0, 0.1) is 0 Å². The standard InChI is InChI=1S/C13H19NO4/c1-16-8-2-9-18-13(15)7-10-17-12-5-3-11(14)4-6-12/h3-6H,2,7-10,14H2,1H3. The van der Waals surface area contributed by atoms with E-state index in [0.29, 0.717) is 37.7 Å². The summed E-state index contributed by atoms with van der Waals surface area (Å²) < 4.78 is 15.2. The summed E-state index contributed by atoms with van der Waals surface area (Å²) in [6.07, 6.45) is 0.943. The normalized spacial score (nSPS) is 10.1. The van der Waals surface area contributed by atoms with E-state index in [9.17, 15) is 4.79 Å². The maximum absolute atomic E-state index is 11.3. The van der Waals surface area contributed by atoms with Gasteiger partial charge in [0, 0.05) is 25.8 Å². The molecule has 0 saturated heterocycles. The number of ether oxygens (including phenoxy) is 3. The molecule has 1 aromatic carbocycles. The molecule has 1 aromatic rings. The lowest BCUT2D eigenvalue weighted by molar-refractivity contribution is -0.144.